The molecule has 1 saturated carbocycles. The van der Waals surface area contributed by atoms with Gasteiger partial charge in [0.05, 0.1) is 25.2 Å². The lowest BCUT2D eigenvalue weighted by molar-refractivity contribution is -0.357. The van der Waals surface area contributed by atoms with Crippen LogP contribution >= 0.6 is 0 Å². The van der Waals surface area contributed by atoms with Crippen LogP contribution in [0, 0.1) is 5.41 Å². The summed E-state index contributed by atoms with van der Waals surface area (Å²) in [6, 6.07) is 0. The highest BCUT2D eigenvalue weighted by atomic mass is 16.9. The highest BCUT2D eigenvalue weighted by Crippen LogP contribution is 2.54. The maximum atomic E-state index is 11.3. The summed E-state index contributed by atoms with van der Waals surface area (Å²) in [7, 11) is 0. The minimum Gasteiger partial charge on any atom is -0.327 e. The second kappa shape index (κ2) is 3.27. The molecule has 0 N–H and O–H groups in total. The first-order valence-corrected chi connectivity index (χ1v) is 5.70. The van der Waals surface area contributed by atoms with Gasteiger partial charge in [-0.25, -0.2) is 0 Å². The Kier molecular flexibility index (Phi) is 2.13. The first-order valence-electron chi connectivity index (χ1n) is 5.70. The smallest absolute Gasteiger partial charge is 0.289 e. The second-order valence-corrected chi connectivity index (χ2v) is 4.67. The largest absolute Gasteiger partial charge is 0.327 e. The van der Waals surface area contributed by atoms with Crippen LogP contribution in [-0.2, 0) is 19.0 Å². The van der Waals surface area contributed by atoms with Gasteiger partial charge >= 0.3 is 0 Å². The summed E-state index contributed by atoms with van der Waals surface area (Å²) in [4.78, 5) is 11.3. The summed E-state index contributed by atoms with van der Waals surface area (Å²) in [5.74, 6) is -0.450. The predicted octanol–water partition coefficient (Wildman–Crippen LogP) is 1.24. The zero-order valence-electron chi connectivity index (χ0n) is 8.79. The fourth-order valence-electron chi connectivity index (χ4n) is 3.03. The fraction of sp³-hybridized carbons (Fsp3) is 0.909. The average Bonchev–Trinajstić information content (AvgIpc) is 2.83. The first kappa shape index (κ1) is 9.75. The Labute approximate surface area is 88.9 Å². The van der Waals surface area contributed by atoms with E-state index in [1.165, 1.54) is 0 Å². The molecular formula is C11H16O4. The van der Waals surface area contributed by atoms with Crippen LogP contribution in [0.4, 0.5) is 0 Å². The molecular weight excluding hydrogens is 196 g/mol. The third kappa shape index (κ3) is 1.28. The van der Waals surface area contributed by atoms with Gasteiger partial charge in [-0.1, -0.05) is 0 Å². The van der Waals surface area contributed by atoms with Crippen molar-refractivity contribution in [1.82, 2.24) is 0 Å². The van der Waals surface area contributed by atoms with E-state index in [1.54, 1.807) is 0 Å². The van der Waals surface area contributed by atoms with Crippen LogP contribution in [0.2, 0.25) is 0 Å². The van der Waals surface area contributed by atoms with Crippen molar-refractivity contribution in [3.8, 4) is 0 Å². The summed E-state index contributed by atoms with van der Waals surface area (Å²) in [5.41, 5.74) is -0.0581. The molecule has 3 rings (SSSR count). The molecule has 2 saturated heterocycles. The maximum absolute atomic E-state index is 11.3. The van der Waals surface area contributed by atoms with E-state index < -0.39 is 5.97 Å². The van der Waals surface area contributed by atoms with Crippen LogP contribution in [0.3, 0.4) is 0 Å². The molecule has 2 aliphatic heterocycles. The van der Waals surface area contributed by atoms with Crippen LogP contribution in [0.1, 0.15) is 32.1 Å². The van der Waals surface area contributed by atoms with Crippen molar-refractivity contribution >= 4 is 5.78 Å². The van der Waals surface area contributed by atoms with Gasteiger partial charge in [-0.3, -0.25) is 4.79 Å². The number of carbonyl (C=O) groups is 1. The van der Waals surface area contributed by atoms with E-state index in [-0.39, 0.29) is 5.41 Å². The van der Waals surface area contributed by atoms with E-state index in [9.17, 15) is 4.79 Å². The van der Waals surface area contributed by atoms with Crippen LogP contribution in [-0.4, -0.2) is 31.6 Å². The number of hydrogen-bond donors (Lipinski definition) is 0. The molecule has 0 radical (unpaired) electrons. The number of fused-ring (bicyclic) bond motifs is 1. The van der Waals surface area contributed by atoms with Gasteiger partial charge in [-0.05, 0) is 19.3 Å². The molecule has 0 aromatic rings. The molecule has 84 valence electrons. The van der Waals surface area contributed by atoms with Crippen LogP contribution in [0.5, 0.6) is 0 Å². The molecule has 4 heteroatoms. The summed E-state index contributed by atoms with van der Waals surface area (Å²) in [5, 5.41) is 0. The van der Waals surface area contributed by atoms with Crippen LogP contribution in [0.25, 0.3) is 0 Å². The third-order valence-electron chi connectivity index (χ3n) is 3.95. The monoisotopic (exact) mass is 212 g/mol. The van der Waals surface area contributed by atoms with Gasteiger partial charge in [-0.15, -0.1) is 0 Å². The molecule has 3 aliphatic rings. The lowest BCUT2D eigenvalue weighted by Gasteiger charge is -2.41. The minimum atomic E-state index is -0.812. The van der Waals surface area contributed by atoms with Crippen LogP contribution < -0.4 is 0 Å². The Bertz CT molecular complexity index is 265. The first-order chi connectivity index (χ1) is 7.27. The number of rotatable bonds is 0. The third-order valence-corrected chi connectivity index (χ3v) is 3.95. The van der Waals surface area contributed by atoms with Crippen molar-refractivity contribution in [2.45, 2.75) is 38.1 Å². The highest BCUT2D eigenvalue weighted by Gasteiger charge is 2.61. The lowest BCUT2D eigenvalue weighted by atomic mass is 9.71. The van der Waals surface area contributed by atoms with Crippen molar-refractivity contribution in [3.05, 3.63) is 0 Å². The Morgan fingerprint density at radius 3 is 2.13 bits per heavy atom. The quantitative estimate of drug-likeness (QED) is 0.606. The SMILES string of the molecule is O=C1CCC2(CCOC23OCCO3)CC1. The molecule has 2 spiro atoms. The lowest BCUT2D eigenvalue weighted by Crippen LogP contribution is -2.48. The van der Waals surface area contributed by atoms with Gasteiger partial charge in [0.15, 0.2) is 0 Å². The molecule has 0 bridgehead atoms. The summed E-state index contributed by atoms with van der Waals surface area (Å²) >= 11 is 0. The van der Waals surface area contributed by atoms with Gasteiger partial charge in [0.1, 0.15) is 5.78 Å². The van der Waals surface area contributed by atoms with E-state index in [2.05, 4.69) is 0 Å². The van der Waals surface area contributed by atoms with E-state index in [4.69, 9.17) is 14.2 Å². The standard InChI is InChI=1S/C11H16O4/c12-9-1-3-10(4-2-9)5-6-13-11(10)14-7-8-15-11/h1-8H2. The Morgan fingerprint density at radius 2 is 1.47 bits per heavy atom. The van der Waals surface area contributed by atoms with Gasteiger partial charge in [0.2, 0.25) is 0 Å². The van der Waals surface area contributed by atoms with E-state index in [0.29, 0.717) is 38.4 Å². The zero-order chi connectivity index (χ0) is 10.4. The van der Waals surface area contributed by atoms with E-state index in [1.807, 2.05) is 0 Å². The zero-order valence-corrected chi connectivity index (χ0v) is 8.79. The molecule has 0 atom stereocenters. The number of ether oxygens (including phenoxy) is 3. The molecule has 0 aromatic carbocycles. The van der Waals surface area contributed by atoms with Crippen LogP contribution in [0.15, 0.2) is 0 Å². The maximum Gasteiger partial charge on any atom is 0.289 e. The molecule has 0 amide bonds. The van der Waals surface area contributed by atoms with E-state index >= 15 is 0 Å². The van der Waals surface area contributed by atoms with Crippen molar-refractivity contribution in [1.29, 1.82) is 0 Å². The molecule has 15 heavy (non-hydrogen) atoms. The summed E-state index contributed by atoms with van der Waals surface area (Å²) in [6.07, 6.45) is 3.97. The van der Waals surface area contributed by atoms with E-state index in [0.717, 1.165) is 19.3 Å². The topological polar surface area (TPSA) is 44.8 Å². The minimum absolute atomic E-state index is 0.0581. The van der Waals surface area contributed by atoms with Gasteiger partial charge in [0.25, 0.3) is 5.97 Å². The summed E-state index contributed by atoms with van der Waals surface area (Å²) in [6.45, 7) is 1.90. The molecule has 0 unspecified atom stereocenters. The Hall–Kier alpha value is -0.450. The van der Waals surface area contributed by atoms with Crippen molar-refractivity contribution in [2.75, 3.05) is 19.8 Å². The molecule has 3 fully saturated rings. The number of Topliss-reactive ketones (excluding diaryl/α,β-unsaturated/α-hetero) is 1. The molecule has 4 nitrogen and oxygen atoms in total. The number of ketones is 1. The average molecular weight is 212 g/mol. The number of carbonyl (C=O) groups excluding carboxylic acids is 1. The molecule has 1 aliphatic carbocycles. The fourth-order valence-corrected chi connectivity index (χ4v) is 3.03. The molecule has 2 heterocycles. The van der Waals surface area contributed by atoms with Gasteiger partial charge in [0, 0.05) is 12.8 Å². The highest BCUT2D eigenvalue weighted by molar-refractivity contribution is 5.79. The van der Waals surface area contributed by atoms with Gasteiger partial charge in [-0.2, -0.15) is 0 Å². The Balaban J connectivity index is 1.86. The predicted molar refractivity (Wildman–Crippen MR) is 51.1 cm³/mol. The summed E-state index contributed by atoms with van der Waals surface area (Å²) < 4.78 is 17.0. The van der Waals surface area contributed by atoms with Crippen molar-refractivity contribution in [3.63, 3.8) is 0 Å². The van der Waals surface area contributed by atoms with Gasteiger partial charge < -0.3 is 14.2 Å². The normalized spacial score (nSPS) is 32.9. The van der Waals surface area contributed by atoms with Crippen molar-refractivity contribution in [2.24, 2.45) is 5.41 Å². The molecule has 0 aromatic heterocycles. The number of hydrogen-bond acceptors (Lipinski definition) is 4. The van der Waals surface area contributed by atoms with Crippen molar-refractivity contribution < 1.29 is 19.0 Å². The Morgan fingerprint density at radius 1 is 0.867 bits per heavy atom. The second-order valence-electron chi connectivity index (χ2n) is 4.67.